The monoisotopic (exact) mass is 320 g/mol. The van der Waals surface area contributed by atoms with E-state index in [4.69, 9.17) is 27.6 Å². The van der Waals surface area contributed by atoms with Gasteiger partial charge in [0.05, 0.1) is 16.1 Å². The molecule has 0 saturated carbocycles. The molecule has 0 aliphatic heterocycles. The number of hydrogen-bond donors (Lipinski definition) is 1. The Morgan fingerprint density at radius 2 is 2.00 bits per heavy atom. The summed E-state index contributed by atoms with van der Waals surface area (Å²) < 4.78 is 5.47. The second-order valence-corrected chi connectivity index (χ2v) is 5.71. The van der Waals surface area contributed by atoms with Gasteiger partial charge in [-0.3, -0.25) is 0 Å². The summed E-state index contributed by atoms with van der Waals surface area (Å²) in [6, 6.07) is 11.5. The van der Waals surface area contributed by atoms with Gasteiger partial charge in [-0.1, -0.05) is 35.3 Å². The number of fused-ring (bicyclic) bond motifs is 1. The topological polar surface area (TPSA) is 38.1 Å². The average molecular weight is 321 g/mol. The maximum atomic E-state index is 6.25. The van der Waals surface area contributed by atoms with Crippen molar-refractivity contribution in [3.05, 3.63) is 57.9 Å². The lowest BCUT2D eigenvalue weighted by molar-refractivity contribution is 0.561. The van der Waals surface area contributed by atoms with Crippen molar-refractivity contribution in [1.82, 2.24) is 4.98 Å². The summed E-state index contributed by atoms with van der Waals surface area (Å²) in [4.78, 5) is 4.33. The highest BCUT2D eigenvalue weighted by molar-refractivity contribution is 6.42. The Morgan fingerprint density at radius 1 is 1.19 bits per heavy atom. The van der Waals surface area contributed by atoms with E-state index in [-0.39, 0.29) is 6.04 Å². The molecule has 1 unspecified atom stereocenters. The summed E-state index contributed by atoms with van der Waals surface area (Å²) in [7, 11) is 0. The number of nitrogens with one attached hydrogen (secondary N) is 1. The van der Waals surface area contributed by atoms with E-state index in [2.05, 4.69) is 10.3 Å². The summed E-state index contributed by atoms with van der Waals surface area (Å²) in [5.41, 5.74) is 3.54. The minimum atomic E-state index is 0.0293. The molecule has 1 atom stereocenters. The Labute approximate surface area is 132 Å². The van der Waals surface area contributed by atoms with Crippen molar-refractivity contribution in [2.45, 2.75) is 19.9 Å². The van der Waals surface area contributed by atoms with E-state index in [1.807, 2.05) is 44.2 Å². The molecule has 0 saturated heterocycles. The molecule has 3 nitrogen and oxygen atoms in total. The maximum Gasteiger partial charge on any atom is 0.192 e. The number of hydrogen-bond acceptors (Lipinski definition) is 3. The summed E-state index contributed by atoms with van der Waals surface area (Å²) in [6.07, 6.45) is 0. The smallest absolute Gasteiger partial charge is 0.192 e. The van der Waals surface area contributed by atoms with E-state index in [1.54, 1.807) is 6.07 Å². The molecule has 0 spiro atoms. The number of halogens is 2. The number of anilines is 1. The van der Waals surface area contributed by atoms with Gasteiger partial charge in [-0.25, -0.2) is 4.98 Å². The molecular formula is C16H14Cl2N2O. The molecule has 0 aliphatic rings. The fraction of sp³-hybridized carbons (Fsp3) is 0.188. The first-order valence-electron chi connectivity index (χ1n) is 6.62. The van der Waals surface area contributed by atoms with Crippen molar-refractivity contribution in [3.63, 3.8) is 0 Å². The standard InChI is InChI=1S/C16H14Cl2N2O/c1-9(12-4-3-5-13(17)16(12)18)19-11-6-7-15-14(8-11)20-10(2)21-15/h3-9,19H,1-2H3. The van der Waals surface area contributed by atoms with E-state index >= 15 is 0 Å². The van der Waals surface area contributed by atoms with Crippen LogP contribution in [0, 0.1) is 6.92 Å². The average Bonchev–Trinajstić information content (AvgIpc) is 2.81. The molecule has 5 heteroatoms. The lowest BCUT2D eigenvalue weighted by atomic mass is 10.1. The van der Waals surface area contributed by atoms with Crippen LogP contribution in [0.25, 0.3) is 11.1 Å². The quantitative estimate of drug-likeness (QED) is 0.681. The molecule has 0 bridgehead atoms. The predicted molar refractivity (Wildman–Crippen MR) is 87.2 cm³/mol. The zero-order valence-corrected chi connectivity index (χ0v) is 13.2. The lowest BCUT2D eigenvalue weighted by Gasteiger charge is -2.17. The number of rotatable bonds is 3. The summed E-state index contributed by atoms with van der Waals surface area (Å²) in [6.45, 7) is 3.87. The van der Waals surface area contributed by atoms with E-state index in [1.165, 1.54) is 0 Å². The number of nitrogens with zero attached hydrogens (tertiary/aromatic N) is 1. The van der Waals surface area contributed by atoms with Crippen LogP contribution in [0.3, 0.4) is 0 Å². The summed E-state index contributed by atoms with van der Waals surface area (Å²) in [5.74, 6) is 0.660. The van der Waals surface area contributed by atoms with Crippen LogP contribution in [0.1, 0.15) is 24.4 Å². The molecule has 0 aliphatic carbocycles. The van der Waals surface area contributed by atoms with Gasteiger partial charge >= 0.3 is 0 Å². The van der Waals surface area contributed by atoms with Crippen molar-refractivity contribution in [2.24, 2.45) is 0 Å². The third kappa shape index (κ3) is 2.85. The SMILES string of the molecule is Cc1nc2cc(NC(C)c3cccc(Cl)c3Cl)ccc2o1. The molecule has 0 fully saturated rings. The molecule has 1 N–H and O–H groups in total. The third-order valence-electron chi connectivity index (χ3n) is 3.33. The third-order valence-corrected chi connectivity index (χ3v) is 4.16. The Kier molecular flexibility index (Phi) is 3.79. The van der Waals surface area contributed by atoms with Crippen molar-refractivity contribution in [3.8, 4) is 0 Å². The van der Waals surface area contributed by atoms with Crippen LogP contribution in [0.4, 0.5) is 5.69 Å². The van der Waals surface area contributed by atoms with E-state index in [0.29, 0.717) is 15.9 Å². The van der Waals surface area contributed by atoms with Crippen LogP contribution in [0.2, 0.25) is 10.0 Å². The highest BCUT2D eigenvalue weighted by atomic mass is 35.5. The molecule has 1 heterocycles. The van der Waals surface area contributed by atoms with Gasteiger partial charge in [0.1, 0.15) is 5.52 Å². The minimum Gasteiger partial charge on any atom is -0.441 e. The molecule has 3 aromatic rings. The number of aryl methyl sites for hydroxylation is 1. The first kappa shape index (κ1) is 14.2. The van der Waals surface area contributed by atoms with Crippen molar-refractivity contribution in [2.75, 3.05) is 5.32 Å². The maximum absolute atomic E-state index is 6.25. The second-order valence-electron chi connectivity index (χ2n) is 4.92. The van der Waals surface area contributed by atoms with Gasteiger partial charge in [0.15, 0.2) is 11.5 Å². The van der Waals surface area contributed by atoms with Crippen LogP contribution in [-0.4, -0.2) is 4.98 Å². The van der Waals surface area contributed by atoms with E-state index < -0.39 is 0 Å². The minimum absolute atomic E-state index is 0.0293. The van der Waals surface area contributed by atoms with Gasteiger partial charge in [0, 0.05) is 12.6 Å². The Hall–Kier alpha value is -1.71. The Balaban J connectivity index is 1.88. The van der Waals surface area contributed by atoms with Crippen LogP contribution in [0.5, 0.6) is 0 Å². The molecular weight excluding hydrogens is 307 g/mol. The van der Waals surface area contributed by atoms with Crippen molar-refractivity contribution in [1.29, 1.82) is 0 Å². The summed E-state index contributed by atoms with van der Waals surface area (Å²) in [5, 5.41) is 4.54. The molecule has 108 valence electrons. The van der Waals surface area contributed by atoms with E-state index in [9.17, 15) is 0 Å². The molecule has 0 amide bonds. The molecule has 1 aromatic heterocycles. The first-order chi connectivity index (χ1) is 10.0. The molecule has 21 heavy (non-hydrogen) atoms. The lowest BCUT2D eigenvalue weighted by Crippen LogP contribution is -2.07. The fourth-order valence-corrected chi connectivity index (χ4v) is 2.79. The van der Waals surface area contributed by atoms with Crippen molar-refractivity contribution < 1.29 is 4.42 Å². The van der Waals surface area contributed by atoms with Gasteiger partial charge in [-0.15, -0.1) is 0 Å². The molecule has 3 rings (SSSR count). The van der Waals surface area contributed by atoms with Crippen LogP contribution < -0.4 is 5.32 Å². The predicted octanol–water partition coefficient (Wildman–Crippen LogP) is 5.62. The zero-order valence-electron chi connectivity index (χ0n) is 11.7. The highest BCUT2D eigenvalue weighted by Gasteiger charge is 2.12. The zero-order chi connectivity index (χ0) is 15.0. The Morgan fingerprint density at radius 3 is 2.81 bits per heavy atom. The molecule has 2 aromatic carbocycles. The van der Waals surface area contributed by atoms with Gasteiger partial charge in [0.25, 0.3) is 0 Å². The van der Waals surface area contributed by atoms with Gasteiger partial charge in [-0.05, 0) is 36.8 Å². The summed E-state index contributed by atoms with van der Waals surface area (Å²) >= 11 is 12.3. The number of oxazole rings is 1. The van der Waals surface area contributed by atoms with Gasteiger partial charge in [0.2, 0.25) is 0 Å². The highest BCUT2D eigenvalue weighted by Crippen LogP contribution is 2.32. The van der Waals surface area contributed by atoms with Crippen molar-refractivity contribution >= 4 is 40.0 Å². The van der Waals surface area contributed by atoms with Gasteiger partial charge in [-0.2, -0.15) is 0 Å². The fourth-order valence-electron chi connectivity index (χ4n) is 2.32. The Bertz CT molecular complexity index is 798. The van der Waals surface area contributed by atoms with Crippen LogP contribution in [0.15, 0.2) is 40.8 Å². The molecule has 0 radical (unpaired) electrons. The first-order valence-corrected chi connectivity index (χ1v) is 7.38. The normalized spacial score (nSPS) is 12.6. The second kappa shape index (κ2) is 5.58. The largest absolute Gasteiger partial charge is 0.441 e. The van der Waals surface area contributed by atoms with Gasteiger partial charge < -0.3 is 9.73 Å². The van der Waals surface area contributed by atoms with Crippen LogP contribution in [-0.2, 0) is 0 Å². The van der Waals surface area contributed by atoms with Crippen LogP contribution >= 0.6 is 23.2 Å². The number of aromatic nitrogens is 1. The van der Waals surface area contributed by atoms with E-state index in [0.717, 1.165) is 22.4 Å². The number of benzene rings is 2.